The number of likely N-dealkylation sites (tertiary alicyclic amines) is 1. The van der Waals surface area contributed by atoms with E-state index >= 15 is 0 Å². The normalized spacial score (nSPS) is 27.8. The minimum absolute atomic E-state index is 0.508. The molecule has 0 radical (unpaired) electrons. The van der Waals surface area contributed by atoms with E-state index in [0.29, 0.717) is 38.6 Å². The number of carboxylic acids is 1. The summed E-state index contributed by atoms with van der Waals surface area (Å²) < 4.78 is 5.34. The highest BCUT2D eigenvalue weighted by atomic mass is 16.5. The Kier molecular flexibility index (Phi) is 4.81. The Bertz CT molecular complexity index is 314. The third kappa shape index (κ3) is 3.46. The Labute approximate surface area is 115 Å². The van der Waals surface area contributed by atoms with Crippen molar-refractivity contribution in [2.24, 2.45) is 5.41 Å². The number of aliphatic carboxylic acids is 1. The van der Waals surface area contributed by atoms with Crippen LogP contribution in [0.15, 0.2) is 0 Å². The molecule has 0 aromatic rings. The van der Waals surface area contributed by atoms with Crippen molar-refractivity contribution >= 4 is 5.97 Å². The molecule has 1 atom stereocenters. The van der Waals surface area contributed by atoms with Gasteiger partial charge >= 0.3 is 5.97 Å². The molecule has 0 aromatic heterocycles. The first-order chi connectivity index (χ1) is 9.03. The lowest BCUT2D eigenvalue weighted by Gasteiger charge is -2.38. The topological polar surface area (TPSA) is 53.0 Å². The fourth-order valence-electron chi connectivity index (χ4n) is 3.32. The molecule has 19 heavy (non-hydrogen) atoms. The predicted molar refractivity (Wildman–Crippen MR) is 73.3 cm³/mol. The quantitative estimate of drug-likeness (QED) is 0.804. The van der Waals surface area contributed by atoms with Crippen molar-refractivity contribution in [1.82, 2.24) is 9.80 Å². The number of likely N-dealkylation sites (N-methyl/N-ethyl adjacent to an activating group) is 1. The largest absolute Gasteiger partial charge is 0.481 e. The van der Waals surface area contributed by atoms with E-state index in [9.17, 15) is 9.90 Å². The zero-order valence-corrected chi connectivity index (χ0v) is 12.1. The first kappa shape index (κ1) is 14.8. The van der Waals surface area contributed by atoms with Gasteiger partial charge in [-0.3, -0.25) is 9.69 Å². The zero-order valence-electron chi connectivity index (χ0n) is 12.1. The smallest absolute Gasteiger partial charge is 0.311 e. The van der Waals surface area contributed by atoms with Crippen LogP contribution < -0.4 is 0 Å². The summed E-state index contributed by atoms with van der Waals surface area (Å²) in [7, 11) is 4.16. The van der Waals surface area contributed by atoms with Gasteiger partial charge in [-0.05, 0) is 46.3 Å². The molecular formula is C14H26N2O3. The lowest BCUT2D eigenvalue weighted by atomic mass is 9.79. The summed E-state index contributed by atoms with van der Waals surface area (Å²) in [5, 5.41) is 9.62. The summed E-state index contributed by atoms with van der Waals surface area (Å²) in [4.78, 5) is 16.3. The molecule has 0 bridgehead atoms. The van der Waals surface area contributed by atoms with Crippen LogP contribution in [0, 0.1) is 5.41 Å². The number of hydrogen-bond donors (Lipinski definition) is 1. The number of carboxylic acid groups (broad SMARTS) is 1. The Morgan fingerprint density at radius 1 is 1.42 bits per heavy atom. The standard InChI is InChI=1S/C14H26N2O3/c1-15(2)10-12-4-3-7-16(12)11-14(13(17)18)5-8-19-9-6-14/h12H,3-11H2,1-2H3,(H,17,18). The predicted octanol–water partition coefficient (Wildman–Crippen LogP) is 0.894. The Morgan fingerprint density at radius 3 is 2.68 bits per heavy atom. The van der Waals surface area contributed by atoms with Crippen LogP contribution in [0.4, 0.5) is 0 Å². The van der Waals surface area contributed by atoms with E-state index in [1.807, 2.05) is 0 Å². The molecular weight excluding hydrogens is 244 g/mol. The first-order valence-corrected chi connectivity index (χ1v) is 7.23. The maximum atomic E-state index is 11.7. The summed E-state index contributed by atoms with van der Waals surface area (Å²) in [6, 6.07) is 0.508. The highest BCUT2D eigenvalue weighted by Gasteiger charge is 2.43. The van der Waals surface area contributed by atoms with E-state index in [2.05, 4.69) is 23.9 Å². The highest BCUT2D eigenvalue weighted by Crippen LogP contribution is 2.34. The van der Waals surface area contributed by atoms with Crippen molar-refractivity contribution in [2.75, 3.05) is 46.9 Å². The molecule has 110 valence electrons. The SMILES string of the molecule is CN(C)CC1CCCN1CC1(C(=O)O)CCOCC1. The molecule has 5 heteroatoms. The molecule has 2 aliphatic heterocycles. The molecule has 0 aromatic carbocycles. The van der Waals surface area contributed by atoms with Gasteiger partial charge < -0.3 is 14.7 Å². The van der Waals surface area contributed by atoms with Crippen LogP contribution in [0.1, 0.15) is 25.7 Å². The molecule has 2 fully saturated rings. The van der Waals surface area contributed by atoms with E-state index < -0.39 is 11.4 Å². The van der Waals surface area contributed by atoms with E-state index in [-0.39, 0.29) is 0 Å². The summed E-state index contributed by atoms with van der Waals surface area (Å²) in [5.41, 5.74) is -0.590. The van der Waals surface area contributed by atoms with Crippen LogP contribution in [-0.4, -0.2) is 73.9 Å². The Hall–Kier alpha value is -0.650. The average Bonchev–Trinajstić information content (AvgIpc) is 2.76. The van der Waals surface area contributed by atoms with E-state index in [0.717, 1.165) is 13.1 Å². The third-order valence-corrected chi connectivity index (χ3v) is 4.48. The van der Waals surface area contributed by atoms with Gasteiger partial charge in [-0.1, -0.05) is 0 Å². The maximum Gasteiger partial charge on any atom is 0.311 e. The summed E-state index contributed by atoms with van der Waals surface area (Å²) >= 11 is 0. The molecule has 2 saturated heterocycles. The Balaban J connectivity index is 2.02. The number of hydrogen-bond acceptors (Lipinski definition) is 4. The molecule has 0 aliphatic carbocycles. The van der Waals surface area contributed by atoms with E-state index in [1.54, 1.807) is 0 Å². The van der Waals surface area contributed by atoms with Gasteiger partial charge in [0.1, 0.15) is 0 Å². The number of nitrogens with zero attached hydrogens (tertiary/aromatic N) is 2. The first-order valence-electron chi connectivity index (χ1n) is 7.23. The van der Waals surface area contributed by atoms with Gasteiger partial charge in [0.05, 0.1) is 5.41 Å². The molecule has 1 N–H and O–H groups in total. The van der Waals surface area contributed by atoms with E-state index in [4.69, 9.17) is 4.74 Å². The Morgan fingerprint density at radius 2 is 2.11 bits per heavy atom. The lowest BCUT2D eigenvalue weighted by Crippen LogP contribution is -2.49. The fraction of sp³-hybridized carbons (Fsp3) is 0.929. The van der Waals surface area contributed by atoms with Gasteiger partial charge in [-0.2, -0.15) is 0 Å². The average molecular weight is 270 g/mol. The second-order valence-electron chi connectivity index (χ2n) is 6.23. The molecule has 2 aliphatic rings. The van der Waals surface area contributed by atoms with Crippen LogP contribution >= 0.6 is 0 Å². The van der Waals surface area contributed by atoms with Gasteiger partial charge in [0, 0.05) is 32.3 Å². The summed E-state index contributed by atoms with van der Waals surface area (Å²) in [6.45, 7) is 3.90. The van der Waals surface area contributed by atoms with Gasteiger partial charge in [0.2, 0.25) is 0 Å². The monoisotopic (exact) mass is 270 g/mol. The minimum Gasteiger partial charge on any atom is -0.481 e. The van der Waals surface area contributed by atoms with Crippen molar-refractivity contribution in [3.05, 3.63) is 0 Å². The minimum atomic E-state index is -0.647. The van der Waals surface area contributed by atoms with Crippen LogP contribution in [0.5, 0.6) is 0 Å². The molecule has 2 heterocycles. The summed E-state index contributed by atoms with van der Waals surface area (Å²) in [6.07, 6.45) is 3.66. The van der Waals surface area contributed by atoms with Gasteiger partial charge in [0.25, 0.3) is 0 Å². The molecule has 2 rings (SSSR count). The fourth-order valence-corrected chi connectivity index (χ4v) is 3.32. The zero-order chi connectivity index (χ0) is 13.9. The van der Waals surface area contributed by atoms with E-state index in [1.165, 1.54) is 12.8 Å². The number of rotatable bonds is 5. The van der Waals surface area contributed by atoms with Gasteiger partial charge in [-0.15, -0.1) is 0 Å². The van der Waals surface area contributed by atoms with Crippen LogP contribution in [0.2, 0.25) is 0 Å². The number of ether oxygens (including phenoxy) is 1. The van der Waals surface area contributed by atoms with Crippen molar-refractivity contribution in [3.63, 3.8) is 0 Å². The second kappa shape index (κ2) is 6.20. The molecule has 5 nitrogen and oxygen atoms in total. The summed E-state index contributed by atoms with van der Waals surface area (Å²) in [5.74, 6) is -0.647. The van der Waals surface area contributed by atoms with Crippen molar-refractivity contribution < 1.29 is 14.6 Å². The van der Waals surface area contributed by atoms with Crippen molar-refractivity contribution in [3.8, 4) is 0 Å². The number of carbonyl (C=O) groups is 1. The third-order valence-electron chi connectivity index (χ3n) is 4.48. The highest BCUT2D eigenvalue weighted by molar-refractivity contribution is 5.75. The van der Waals surface area contributed by atoms with Crippen molar-refractivity contribution in [2.45, 2.75) is 31.7 Å². The van der Waals surface area contributed by atoms with Crippen LogP contribution in [0.25, 0.3) is 0 Å². The van der Waals surface area contributed by atoms with Crippen LogP contribution in [0.3, 0.4) is 0 Å². The van der Waals surface area contributed by atoms with Crippen molar-refractivity contribution in [1.29, 1.82) is 0 Å². The van der Waals surface area contributed by atoms with Crippen LogP contribution in [-0.2, 0) is 9.53 Å². The maximum absolute atomic E-state index is 11.7. The van der Waals surface area contributed by atoms with Gasteiger partial charge in [-0.25, -0.2) is 0 Å². The molecule has 1 unspecified atom stereocenters. The molecule has 0 spiro atoms. The molecule has 0 saturated carbocycles. The lowest BCUT2D eigenvalue weighted by molar-refractivity contribution is -0.156. The van der Waals surface area contributed by atoms with Gasteiger partial charge in [0.15, 0.2) is 0 Å². The second-order valence-corrected chi connectivity index (χ2v) is 6.23. The molecule has 0 amide bonds.